The van der Waals surface area contributed by atoms with E-state index in [4.69, 9.17) is 0 Å². The molecule has 1 unspecified atom stereocenters. The van der Waals surface area contributed by atoms with Crippen LogP contribution >= 0.6 is 0 Å². The summed E-state index contributed by atoms with van der Waals surface area (Å²) in [7, 11) is 0. The number of hydrogen-bond donors (Lipinski definition) is 4. The number of nitrogens with one attached hydrogen (secondary N) is 3. The molecule has 4 N–H and O–H groups in total. The Bertz CT molecular complexity index is 2000. The number of aliphatic hydroxyl groups is 1. The van der Waals surface area contributed by atoms with Crippen LogP contribution in [0, 0.1) is 5.82 Å². The highest BCUT2D eigenvalue weighted by atomic mass is 19.1. The minimum atomic E-state index is -0.745. The van der Waals surface area contributed by atoms with E-state index in [1.807, 2.05) is 66.7 Å². The molecule has 3 aromatic carbocycles. The lowest BCUT2D eigenvalue weighted by Gasteiger charge is -2.15. The molecule has 0 amide bonds. The number of anilines is 1. The second-order valence-electron chi connectivity index (χ2n) is 9.96. The molecule has 0 aliphatic rings. The molecule has 7 nitrogen and oxygen atoms in total. The molecule has 0 aliphatic heterocycles. The number of aliphatic hydroxyl groups excluding tert-OH is 1. The fourth-order valence-corrected chi connectivity index (χ4v) is 5.22. The molecule has 0 saturated heterocycles. The quantitative estimate of drug-likeness (QED) is 0.164. The molecule has 4 aromatic heterocycles. The van der Waals surface area contributed by atoms with Gasteiger partial charge in [-0.05, 0) is 64.7 Å². The average Bonchev–Trinajstić information content (AvgIpc) is 3.61. The van der Waals surface area contributed by atoms with Crippen molar-refractivity contribution in [3.63, 3.8) is 0 Å². The Hall–Kier alpha value is -5.34. The number of aromatic nitrogens is 5. The summed E-state index contributed by atoms with van der Waals surface area (Å²) in [4.78, 5) is 12.3. The van der Waals surface area contributed by atoms with Crippen molar-refractivity contribution in [1.82, 2.24) is 25.1 Å². The third-order valence-electron chi connectivity index (χ3n) is 7.16. The standard InChI is InChI=1S/C33H25FN6O/c34-24-8-4-7-22(14-24)26-11-12-36-33-27(26)17-30(38-33)32-28-16-21(9-10-29(28)39-40-32)23-15-25(19-35-18-23)37-31(41)13-20-5-2-1-3-6-20/h1-12,14-19,31,37,41H,13H2,(H,36,38)(H,39,40). The van der Waals surface area contributed by atoms with E-state index in [1.54, 1.807) is 24.7 Å². The number of benzene rings is 3. The van der Waals surface area contributed by atoms with Gasteiger partial charge in [0.05, 0.1) is 23.1 Å². The van der Waals surface area contributed by atoms with Crippen molar-refractivity contribution >= 4 is 27.6 Å². The molecule has 4 heterocycles. The van der Waals surface area contributed by atoms with Crippen LogP contribution in [0.15, 0.2) is 110 Å². The number of pyridine rings is 2. The number of H-pyrrole nitrogens is 2. The highest BCUT2D eigenvalue weighted by molar-refractivity contribution is 6.00. The molecular formula is C33H25FN6O. The maximum absolute atomic E-state index is 14.0. The first kappa shape index (κ1) is 24.7. The van der Waals surface area contributed by atoms with Gasteiger partial charge in [0.15, 0.2) is 0 Å². The average molecular weight is 541 g/mol. The number of aromatic amines is 2. The van der Waals surface area contributed by atoms with Crippen LogP contribution in [0.4, 0.5) is 10.1 Å². The van der Waals surface area contributed by atoms with Gasteiger partial charge in [-0.3, -0.25) is 10.1 Å². The van der Waals surface area contributed by atoms with E-state index in [0.717, 1.165) is 61.2 Å². The van der Waals surface area contributed by atoms with Gasteiger partial charge < -0.3 is 15.4 Å². The Labute approximate surface area is 234 Å². The van der Waals surface area contributed by atoms with Crippen LogP contribution in [0.25, 0.3) is 55.6 Å². The summed E-state index contributed by atoms with van der Waals surface area (Å²) in [6, 6.07) is 28.3. The molecule has 0 spiro atoms. The van der Waals surface area contributed by atoms with E-state index >= 15 is 0 Å². The number of nitrogens with zero attached hydrogens (tertiary/aromatic N) is 3. The minimum absolute atomic E-state index is 0.284. The van der Waals surface area contributed by atoms with Gasteiger partial charge in [-0.2, -0.15) is 5.10 Å². The summed E-state index contributed by atoms with van der Waals surface area (Å²) < 4.78 is 14.0. The molecule has 7 rings (SSSR count). The second-order valence-corrected chi connectivity index (χ2v) is 9.96. The van der Waals surface area contributed by atoms with E-state index in [0.29, 0.717) is 12.1 Å². The van der Waals surface area contributed by atoms with Crippen LogP contribution in [0.2, 0.25) is 0 Å². The molecule has 1 atom stereocenters. The van der Waals surface area contributed by atoms with Crippen molar-refractivity contribution in [3.05, 3.63) is 121 Å². The number of rotatable bonds is 7. The van der Waals surface area contributed by atoms with Gasteiger partial charge in [0, 0.05) is 35.2 Å². The van der Waals surface area contributed by atoms with Gasteiger partial charge in [0.2, 0.25) is 0 Å². The van der Waals surface area contributed by atoms with Crippen molar-refractivity contribution < 1.29 is 9.50 Å². The first-order valence-electron chi connectivity index (χ1n) is 13.3. The monoisotopic (exact) mass is 540 g/mol. The van der Waals surface area contributed by atoms with Gasteiger partial charge in [-0.1, -0.05) is 48.5 Å². The summed E-state index contributed by atoms with van der Waals surface area (Å²) >= 11 is 0. The first-order valence-corrected chi connectivity index (χ1v) is 13.3. The lowest BCUT2D eigenvalue weighted by molar-refractivity contribution is 0.204. The highest BCUT2D eigenvalue weighted by Gasteiger charge is 2.15. The van der Waals surface area contributed by atoms with Gasteiger partial charge in [0.1, 0.15) is 23.4 Å². The van der Waals surface area contributed by atoms with Crippen molar-refractivity contribution in [2.75, 3.05) is 5.32 Å². The largest absolute Gasteiger partial charge is 0.373 e. The zero-order valence-electron chi connectivity index (χ0n) is 21.8. The van der Waals surface area contributed by atoms with Gasteiger partial charge in [-0.25, -0.2) is 9.37 Å². The third-order valence-corrected chi connectivity index (χ3v) is 7.16. The maximum Gasteiger partial charge on any atom is 0.138 e. The number of fused-ring (bicyclic) bond motifs is 2. The van der Waals surface area contributed by atoms with E-state index in [9.17, 15) is 9.50 Å². The summed E-state index contributed by atoms with van der Waals surface area (Å²) in [5.74, 6) is -0.284. The molecule has 200 valence electrons. The fraction of sp³-hybridized carbons (Fsp3) is 0.0606. The molecule has 0 aliphatic carbocycles. The Kier molecular flexibility index (Phi) is 6.22. The lowest BCUT2D eigenvalue weighted by atomic mass is 10.0. The molecule has 41 heavy (non-hydrogen) atoms. The highest BCUT2D eigenvalue weighted by Crippen LogP contribution is 2.35. The summed E-state index contributed by atoms with van der Waals surface area (Å²) in [6.07, 6.45) is 4.95. The Morgan fingerprint density at radius 1 is 0.829 bits per heavy atom. The summed E-state index contributed by atoms with van der Waals surface area (Å²) in [5.41, 5.74) is 8.46. The zero-order valence-corrected chi connectivity index (χ0v) is 21.8. The van der Waals surface area contributed by atoms with E-state index in [2.05, 4.69) is 36.5 Å². The summed E-state index contributed by atoms with van der Waals surface area (Å²) in [6.45, 7) is 0. The second kappa shape index (κ2) is 10.3. The van der Waals surface area contributed by atoms with E-state index < -0.39 is 6.23 Å². The van der Waals surface area contributed by atoms with Crippen LogP contribution in [0.1, 0.15) is 5.56 Å². The van der Waals surface area contributed by atoms with E-state index in [1.165, 1.54) is 12.1 Å². The van der Waals surface area contributed by atoms with Crippen molar-refractivity contribution in [2.24, 2.45) is 0 Å². The fourth-order valence-electron chi connectivity index (χ4n) is 5.22. The molecular weight excluding hydrogens is 515 g/mol. The molecule has 0 fully saturated rings. The van der Waals surface area contributed by atoms with Crippen molar-refractivity contribution in [3.8, 4) is 33.6 Å². The van der Waals surface area contributed by atoms with Gasteiger partial charge >= 0.3 is 0 Å². The molecule has 8 heteroatoms. The number of halogens is 1. The normalized spacial score (nSPS) is 12.1. The van der Waals surface area contributed by atoms with Gasteiger partial charge in [-0.15, -0.1) is 0 Å². The van der Waals surface area contributed by atoms with Crippen molar-refractivity contribution in [2.45, 2.75) is 12.6 Å². The smallest absolute Gasteiger partial charge is 0.138 e. The first-order chi connectivity index (χ1) is 20.1. The predicted molar refractivity (Wildman–Crippen MR) is 160 cm³/mol. The molecule has 0 saturated carbocycles. The Balaban J connectivity index is 1.21. The number of hydrogen-bond acceptors (Lipinski definition) is 5. The molecule has 0 radical (unpaired) electrons. The van der Waals surface area contributed by atoms with E-state index in [-0.39, 0.29) is 5.82 Å². The zero-order chi connectivity index (χ0) is 27.8. The Morgan fingerprint density at radius 2 is 1.73 bits per heavy atom. The summed E-state index contributed by atoms with van der Waals surface area (Å²) in [5, 5.41) is 23.3. The molecule has 0 bridgehead atoms. The topological polar surface area (TPSA) is 103 Å². The van der Waals surface area contributed by atoms with Crippen LogP contribution in [0.3, 0.4) is 0 Å². The molecule has 7 aromatic rings. The Morgan fingerprint density at radius 3 is 2.61 bits per heavy atom. The van der Waals surface area contributed by atoms with Crippen LogP contribution in [0.5, 0.6) is 0 Å². The predicted octanol–water partition coefficient (Wildman–Crippen LogP) is 6.95. The van der Waals surface area contributed by atoms with Crippen LogP contribution in [-0.2, 0) is 6.42 Å². The SMILES string of the molecule is OC(Cc1ccccc1)Nc1cncc(-c2ccc3[nH]nc(-c4cc5c(-c6cccc(F)c6)ccnc5[nH]4)c3c2)c1. The van der Waals surface area contributed by atoms with Crippen LogP contribution < -0.4 is 5.32 Å². The van der Waals surface area contributed by atoms with Gasteiger partial charge in [0.25, 0.3) is 0 Å². The lowest BCUT2D eigenvalue weighted by Crippen LogP contribution is -2.21. The van der Waals surface area contributed by atoms with Crippen LogP contribution in [-0.4, -0.2) is 36.5 Å². The minimum Gasteiger partial charge on any atom is -0.373 e. The third kappa shape index (κ3) is 4.92. The van der Waals surface area contributed by atoms with Crippen molar-refractivity contribution in [1.29, 1.82) is 0 Å². The maximum atomic E-state index is 14.0.